The number of aromatic nitrogens is 2. The van der Waals surface area contributed by atoms with E-state index in [-0.39, 0.29) is 36.5 Å². The first kappa shape index (κ1) is 46.6. The quantitative estimate of drug-likeness (QED) is 0.0304. The molecule has 0 radical (unpaired) electrons. The number of fused-ring (bicyclic) bond motifs is 4. The highest BCUT2D eigenvalue weighted by Crippen LogP contribution is 2.45. The molecule has 4 amide bonds. The van der Waals surface area contributed by atoms with Gasteiger partial charge < -0.3 is 50.6 Å². The Morgan fingerprint density at radius 1 is 0.918 bits per heavy atom. The number of carbonyl (C=O) groups is 3. The smallest absolute Gasteiger partial charge is 0.315 e. The topological polar surface area (TPSA) is 186 Å². The maximum Gasteiger partial charge on any atom is 0.315 e. The summed E-state index contributed by atoms with van der Waals surface area (Å²) in [5, 5.41) is 31.1. The minimum absolute atomic E-state index is 0.0367. The predicted molar refractivity (Wildman–Crippen MR) is 238 cm³/mol. The van der Waals surface area contributed by atoms with Gasteiger partial charge in [0.05, 0.1) is 64.0 Å². The third kappa shape index (κ3) is 13.3. The molecule has 15 nitrogen and oxygen atoms in total. The number of nitrogens with zero attached hydrogens (tertiary/aromatic N) is 2. The molecule has 0 spiro atoms. The van der Waals surface area contributed by atoms with Gasteiger partial charge >= 0.3 is 6.03 Å². The summed E-state index contributed by atoms with van der Waals surface area (Å²) in [6.45, 7) is 6.22. The molecule has 2 aliphatic heterocycles. The Kier molecular flexibility index (Phi) is 18.4. The van der Waals surface area contributed by atoms with Crippen LogP contribution in [0.2, 0.25) is 10.0 Å². The zero-order valence-electron chi connectivity index (χ0n) is 34.8. The number of aliphatic hydroxyl groups is 1. The van der Waals surface area contributed by atoms with E-state index in [0.717, 1.165) is 65.2 Å². The van der Waals surface area contributed by atoms with E-state index in [0.29, 0.717) is 125 Å². The van der Waals surface area contributed by atoms with Crippen LogP contribution in [0.1, 0.15) is 75.0 Å². The molecule has 0 bridgehead atoms. The third-order valence-electron chi connectivity index (χ3n) is 10.8. The van der Waals surface area contributed by atoms with E-state index in [9.17, 15) is 19.5 Å². The summed E-state index contributed by atoms with van der Waals surface area (Å²) >= 11 is 14.8. The fraction of sp³-hybridized carbons (Fsp3) is 0.581. The zero-order chi connectivity index (χ0) is 43.0. The van der Waals surface area contributed by atoms with Gasteiger partial charge in [-0.2, -0.15) is 16.9 Å². The lowest BCUT2D eigenvalue weighted by Gasteiger charge is -2.16. The van der Waals surface area contributed by atoms with Crippen LogP contribution in [0.25, 0.3) is 11.3 Å². The number of aliphatic hydroxyl groups excluding tert-OH is 1. The molecule has 3 unspecified atom stereocenters. The van der Waals surface area contributed by atoms with Gasteiger partial charge in [-0.05, 0) is 62.4 Å². The number of hydrogen-bond donors (Lipinski definition) is 6. The van der Waals surface area contributed by atoms with Crippen LogP contribution in [0, 0.1) is 0 Å². The minimum atomic E-state index is -0.0722. The van der Waals surface area contributed by atoms with Gasteiger partial charge in [-0.1, -0.05) is 35.7 Å². The molecule has 18 heteroatoms. The van der Waals surface area contributed by atoms with Gasteiger partial charge in [0.2, 0.25) is 11.8 Å². The van der Waals surface area contributed by atoms with Crippen LogP contribution in [0.5, 0.6) is 11.5 Å². The van der Waals surface area contributed by atoms with Crippen LogP contribution in [-0.2, 0) is 38.6 Å². The number of carbonyl (C=O) groups excluding carboxylic acids is 3. The number of rotatable bonds is 28. The van der Waals surface area contributed by atoms with Crippen molar-refractivity contribution in [1.29, 1.82) is 0 Å². The van der Waals surface area contributed by atoms with E-state index < -0.39 is 0 Å². The molecule has 3 aromatic rings. The van der Waals surface area contributed by atoms with Crippen LogP contribution < -0.4 is 36.1 Å². The molecule has 6 rings (SSSR count). The Labute approximate surface area is 372 Å². The summed E-state index contributed by atoms with van der Waals surface area (Å²) in [7, 11) is 0. The number of urea groups is 1. The lowest BCUT2D eigenvalue weighted by molar-refractivity contribution is -0.121. The largest absolute Gasteiger partial charge is 0.490 e. The van der Waals surface area contributed by atoms with E-state index in [1.54, 1.807) is 0 Å². The normalized spacial score (nSPS) is 17.3. The highest BCUT2D eigenvalue weighted by molar-refractivity contribution is 8.00. The second-order valence-electron chi connectivity index (χ2n) is 15.2. The fourth-order valence-corrected chi connectivity index (χ4v) is 9.83. The van der Waals surface area contributed by atoms with Gasteiger partial charge in [0.25, 0.3) is 0 Å². The van der Waals surface area contributed by atoms with Crippen LogP contribution in [0.15, 0.2) is 30.3 Å². The molecule has 2 aromatic carbocycles. The molecular weight excluding hydrogens is 845 g/mol. The molecule has 1 aromatic heterocycles. The highest BCUT2D eigenvalue weighted by Gasteiger charge is 2.42. The maximum absolute atomic E-state index is 12.3. The van der Waals surface area contributed by atoms with Crippen molar-refractivity contribution in [2.24, 2.45) is 0 Å². The van der Waals surface area contributed by atoms with Gasteiger partial charge in [0.15, 0.2) is 17.3 Å². The Morgan fingerprint density at radius 2 is 1.66 bits per heavy atom. The summed E-state index contributed by atoms with van der Waals surface area (Å²) < 4.78 is 25.6. The highest BCUT2D eigenvalue weighted by atomic mass is 35.5. The summed E-state index contributed by atoms with van der Waals surface area (Å²) in [6, 6.07) is 9.82. The number of nitrogens with one attached hydrogen (secondary N) is 5. The predicted octanol–water partition coefficient (Wildman–Crippen LogP) is 5.69. The summed E-state index contributed by atoms with van der Waals surface area (Å²) in [4.78, 5) is 36.1. The van der Waals surface area contributed by atoms with Gasteiger partial charge in [-0.3, -0.25) is 14.3 Å². The Morgan fingerprint density at radius 3 is 2.43 bits per heavy atom. The summed E-state index contributed by atoms with van der Waals surface area (Å²) in [6.07, 6.45) is 6.24. The maximum atomic E-state index is 12.3. The Balaban J connectivity index is 0.858. The number of anilines is 1. The lowest BCUT2D eigenvalue weighted by atomic mass is 10.0. The fourth-order valence-electron chi connectivity index (χ4n) is 7.76. The molecule has 3 aliphatic rings. The van der Waals surface area contributed by atoms with E-state index in [1.807, 2.05) is 53.7 Å². The van der Waals surface area contributed by atoms with E-state index in [1.165, 1.54) is 0 Å². The second kappa shape index (κ2) is 24.1. The van der Waals surface area contributed by atoms with Crippen LogP contribution in [0.4, 0.5) is 10.6 Å². The molecule has 0 saturated carbocycles. The first-order chi connectivity index (χ1) is 29.7. The van der Waals surface area contributed by atoms with Crippen molar-refractivity contribution in [2.75, 3.05) is 70.4 Å². The third-order valence-corrected chi connectivity index (χ3v) is 13.0. The minimum Gasteiger partial charge on any atom is -0.490 e. The molecular formula is C43H59Cl2N7O8S. The number of ether oxygens (including phenoxy) is 4. The summed E-state index contributed by atoms with van der Waals surface area (Å²) in [5.74, 6) is 2.96. The number of amides is 4. The average Bonchev–Trinajstić information content (AvgIpc) is 3.99. The number of unbranched alkanes of at least 4 members (excludes halogenated alkanes) is 2. The molecule has 334 valence electrons. The van der Waals surface area contributed by atoms with Crippen molar-refractivity contribution >= 4 is 58.6 Å². The van der Waals surface area contributed by atoms with Crippen molar-refractivity contribution < 1.29 is 38.4 Å². The second-order valence-corrected chi connectivity index (χ2v) is 17.3. The average molecular weight is 905 g/mol. The van der Waals surface area contributed by atoms with Crippen molar-refractivity contribution in [3.63, 3.8) is 0 Å². The van der Waals surface area contributed by atoms with E-state index in [2.05, 4.69) is 26.6 Å². The van der Waals surface area contributed by atoms with Crippen molar-refractivity contribution in [3.8, 4) is 22.8 Å². The number of halogens is 2. The van der Waals surface area contributed by atoms with Crippen LogP contribution in [-0.4, -0.2) is 115 Å². The molecule has 3 heterocycles. The van der Waals surface area contributed by atoms with Gasteiger partial charge in [0, 0.05) is 89.7 Å². The molecule has 1 aliphatic carbocycles. The Hall–Kier alpha value is -3.93. The lowest BCUT2D eigenvalue weighted by Crippen LogP contribution is -2.36. The van der Waals surface area contributed by atoms with Gasteiger partial charge in [0.1, 0.15) is 0 Å². The van der Waals surface area contributed by atoms with Gasteiger partial charge in [-0.15, -0.1) is 0 Å². The number of benzene rings is 2. The van der Waals surface area contributed by atoms with Crippen LogP contribution in [0.3, 0.4) is 0 Å². The number of thioether (sulfide) groups is 1. The van der Waals surface area contributed by atoms with Gasteiger partial charge in [-0.25, -0.2) is 4.79 Å². The van der Waals surface area contributed by atoms with E-state index >= 15 is 0 Å². The molecule has 2 saturated heterocycles. The first-order valence-electron chi connectivity index (χ1n) is 21.4. The van der Waals surface area contributed by atoms with Crippen LogP contribution >= 0.6 is 35.0 Å². The van der Waals surface area contributed by atoms with Crippen molar-refractivity contribution in [2.45, 2.75) is 95.1 Å². The van der Waals surface area contributed by atoms with E-state index in [4.69, 9.17) is 47.2 Å². The molecule has 3 atom stereocenters. The summed E-state index contributed by atoms with van der Waals surface area (Å²) in [5.41, 5.74) is 4.90. The Bertz CT molecular complexity index is 1920. The molecule has 2 fully saturated rings. The van der Waals surface area contributed by atoms with Crippen molar-refractivity contribution in [1.82, 2.24) is 31.0 Å². The standard InChI is InChI=1S/C43H59Cl2N7O8S/c1-2-59-35-24-28-23-30-41(29(28)25-36(35)60-18-8-17-53)52(51-42(30)48-26-31-32(44)9-7-10-33(31)45)16-20-58-22-21-57-19-15-47-39(55)13-5-6-14-46-38(54)12-4-3-11-37-40-34(27-61-37)49-43(56)50-40/h7,9-10,24-25,34,37,40,53H,2-6,8,11-23,26-27H2,1H3,(H,46,54)(H,47,55)(H,48,51)(H2,49,50,56). The number of hydrogen-bond acceptors (Lipinski definition) is 11. The monoisotopic (exact) mass is 903 g/mol. The molecule has 61 heavy (non-hydrogen) atoms. The first-order valence-corrected chi connectivity index (χ1v) is 23.2. The molecule has 6 N–H and O–H groups in total. The van der Waals surface area contributed by atoms with Crippen molar-refractivity contribution in [3.05, 3.63) is 57.1 Å². The zero-order valence-corrected chi connectivity index (χ0v) is 37.2. The SMILES string of the molecule is CCOc1cc2c(cc1OCCCO)-c1c(c(NCc3c(Cl)cccc3Cl)nn1CCOCCOCCNC(=O)CCCCNC(=O)CCCCC1SCC3NC(=O)NC31)C2.